The van der Waals surface area contributed by atoms with Crippen LogP contribution in [-0.4, -0.2) is 5.91 Å². The van der Waals surface area contributed by atoms with Gasteiger partial charge in [0.15, 0.2) is 11.5 Å². The van der Waals surface area contributed by atoms with Crippen molar-refractivity contribution >= 4 is 17.3 Å². The zero-order chi connectivity index (χ0) is 17.5. The van der Waals surface area contributed by atoms with E-state index >= 15 is 0 Å². The Morgan fingerprint density at radius 3 is 2.20 bits per heavy atom. The van der Waals surface area contributed by atoms with E-state index in [2.05, 4.69) is 13.0 Å². The molecule has 0 saturated heterocycles. The third-order valence-corrected chi connectivity index (χ3v) is 4.37. The summed E-state index contributed by atoms with van der Waals surface area (Å²) in [6, 6.07) is 15.4. The van der Waals surface area contributed by atoms with Crippen molar-refractivity contribution in [2.45, 2.75) is 45.4 Å². The molecule has 3 rings (SSSR count). The first-order chi connectivity index (χ1) is 12.3. The number of amides is 1. The second-order valence-corrected chi connectivity index (χ2v) is 6.29. The molecule has 2 aromatic rings. The summed E-state index contributed by atoms with van der Waals surface area (Å²) in [6.07, 6.45) is 10.6. The smallest absolute Gasteiger partial charge is 0.235 e. The number of allylic oxidation sites excluding steroid dienone is 1. The van der Waals surface area contributed by atoms with Crippen molar-refractivity contribution in [2.75, 3.05) is 4.90 Å². The van der Waals surface area contributed by atoms with Crippen molar-refractivity contribution in [3.8, 4) is 11.5 Å². The summed E-state index contributed by atoms with van der Waals surface area (Å²) in [7, 11) is 0. The molecular weight excluding hydrogens is 310 g/mol. The summed E-state index contributed by atoms with van der Waals surface area (Å²) in [5.74, 6) is 1.50. The Balaban J connectivity index is 1.71. The molecule has 0 atom stereocenters. The van der Waals surface area contributed by atoms with E-state index in [-0.39, 0.29) is 5.91 Å². The molecular formula is C22H25NO2. The highest BCUT2D eigenvalue weighted by Gasteiger charge is 2.27. The van der Waals surface area contributed by atoms with E-state index in [9.17, 15) is 4.79 Å². The summed E-state index contributed by atoms with van der Waals surface area (Å²) < 4.78 is 5.93. The van der Waals surface area contributed by atoms with Gasteiger partial charge in [0.05, 0.1) is 11.4 Å². The van der Waals surface area contributed by atoms with Crippen molar-refractivity contribution in [1.82, 2.24) is 0 Å². The number of unbranched alkanes of at least 4 members (excludes halogenated alkanes) is 4. The van der Waals surface area contributed by atoms with Crippen molar-refractivity contribution in [3.63, 3.8) is 0 Å². The summed E-state index contributed by atoms with van der Waals surface area (Å²) >= 11 is 0. The Kier molecular flexibility index (Phi) is 5.89. The molecule has 0 bridgehead atoms. The second-order valence-electron chi connectivity index (χ2n) is 6.29. The van der Waals surface area contributed by atoms with Gasteiger partial charge in [-0.15, -0.1) is 0 Å². The summed E-state index contributed by atoms with van der Waals surface area (Å²) in [5.41, 5.74) is 1.62. The number of benzene rings is 2. The highest BCUT2D eigenvalue weighted by molar-refractivity contribution is 6.04. The van der Waals surface area contributed by atoms with Gasteiger partial charge in [-0.3, -0.25) is 9.69 Å². The minimum absolute atomic E-state index is 0.0630. The monoisotopic (exact) mass is 335 g/mol. The molecule has 1 amide bonds. The van der Waals surface area contributed by atoms with Crippen LogP contribution in [0.3, 0.4) is 0 Å². The maximum Gasteiger partial charge on any atom is 0.235 e. The van der Waals surface area contributed by atoms with Gasteiger partial charge in [-0.2, -0.15) is 0 Å². The first-order valence-corrected chi connectivity index (χ1v) is 9.15. The van der Waals surface area contributed by atoms with Gasteiger partial charge in [-0.05, 0) is 37.1 Å². The number of anilines is 2. The Bertz CT molecular complexity index is 706. The molecule has 0 N–H and O–H groups in total. The number of carbonyl (C=O) groups is 1. The standard InChI is InChI=1S/C22H25NO2/c1-2-3-4-5-6-7-8-17-22(24)23-18-13-9-11-15-20(18)25-21-16-12-10-14-19(21)23/h7-16H,2-6,17H2,1H3/b8-7+. The Labute approximate surface area is 149 Å². The molecule has 0 aliphatic carbocycles. The van der Waals surface area contributed by atoms with E-state index in [1.165, 1.54) is 25.7 Å². The summed E-state index contributed by atoms with van der Waals surface area (Å²) in [4.78, 5) is 14.7. The number of rotatable bonds is 7. The molecule has 0 spiro atoms. The van der Waals surface area contributed by atoms with Gasteiger partial charge in [0.25, 0.3) is 0 Å². The number of ether oxygens (including phenoxy) is 1. The fourth-order valence-corrected chi connectivity index (χ4v) is 3.06. The lowest BCUT2D eigenvalue weighted by molar-refractivity contribution is -0.117. The van der Waals surface area contributed by atoms with E-state index in [1.807, 2.05) is 54.6 Å². The average molecular weight is 335 g/mol. The van der Waals surface area contributed by atoms with E-state index in [0.717, 1.165) is 29.3 Å². The average Bonchev–Trinajstić information content (AvgIpc) is 2.65. The molecule has 0 fully saturated rings. The zero-order valence-corrected chi connectivity index (χ0v) is 14.8. The molecule has 0 saturated carbocycles. The molecule has 130 valence electrons. The van der Waals surface area contributed by atoms with Gasteiger partial charge in [0, 0.05) is 6.42 Å². The normalized spacial score (nSPS) is 12.6. The van der Waals surface area contributed by atoms with Crippen LogP contribution in [0.4, 0.5) is 11.4 Å². The van der Waals surface area contributed by atoms with Crippen LogP contribution >= 0.6 is 0 Å². The molecule has 0 aromatic heterocycles. The highest BCUT2D eigenvalue weighted by atomic mass is 16.5. The highest BCUT2D eigenvalue weighted by Crippen LogP contribution is 2.46. The summed E-state index contributed by atoms with van der Waals surface area (Å²) in [5, 5.41) is 0. The second kappa shape index (κ2) is 8.52. The lowest BCUT2D eigenvalue weighted by atomic mass is 10.1. The van der Waals surface area contributed by atoms with Crippen LogP contribution in [0.25, 0.3) is 0 Å². The van der Waals surface area contributed by atoms with Crippen molar-refractivity contribution in [3.05, 3.63) is 60.7 Å². The number of carbonyl (C=O) groups excluding carboxylic acids is 1. The Morgan fingerprint density at radius 2 is 1.56 bits per heavy atom. The third-order valence-electron chi connectivity index (χ3n) is 4.37. The third kappa shape index (κ3) is 4.11. The molecule has 0 radical (unpaired) electrons. The fourth-order valence-electron chi connectivity index (χ4n) is 3.06. The van der Waals surface area contributed by atoms with Crippen molar-refractivity contribution in [1.29, 1.82) is 0 Å². The SMILES string of the molecule is CCCCCC/C=C/CC(=O)N1c2ccccc2Oc2ccccc21. The van der Waals surface area contributed by atoms with E-state index in [4.69, 9.17) is 4.74 Å². The van der Waals surface area contributed by atoms with Gasteiger partial charge in [0.1, 0.15) is 0 Å². The van der Waals surface area contributed by atoms with Gasteiger partial charge in [-0.25, -0.2) is 0 Å². The first kappa shape index (κ1) is 17.3. The maximum atomic E-state index is 12.9. The number of hydrogen-bond donors (Lipinski definition) is 0. The molecule has 3 heteroatoms. The van der Waals surface area contributed by atoms with E-state index in [0.29, 0.717) is 6.42 Å². The molecule has 1 heterocycles. The lowest BCUT2D eigenvalue weighted by Gasteiger charge is -2.30. The molecule has 25 heavy (non-hydrogen) atoms. The minimum Gasteiger partial charge on any atom is -0.453 e. The number of nitrogens with zero attached hydrogens (tertiary/aromatic N) is 1. The lowest BCUT2D eigenvalue weighted by Crippen LogP contribution is -2.27. The summed E-state index contributed by atoms with van der Waals surface area (Å²) in [6.45, 7) is 2.21. The predicted octanol–water partition coefficient (Wildman–Crippen LogP) is 6.37. The van der Waals surface area contributed by atoms with Crippen LogP contribution < -0.4 is 9.64 Å². The van der Waals surface area contributed by atoms with Gasteiger partial charge < -0.3 is 4.74 Å². The van der Waals surface area contributed by atoms with Gasteiger partial charge in [-0.1, -0.05) is 62.6 Å². The van der Waals surface area contributed by atoms with Crippen LogP contribution in [0.2, 0.25) is 0 Å². The van der Waals surface area contributed by atoms with Crippen molar-refractivity contribution in [2.24, 2.45) is 0 Å². The van der Waals surface area contributed by atoms with Crippen molar-refractivity contribution < 1.29 is 9.53 Å². The van der Waals surface area contributed by atoms with Crippen LogP contribution in [0, 0.1) is 0 Å². The number of para-hydroxylation sites is 4. The van der Waals surface area contributed by atoms with E-state index in [1.54, 1.807) is 4.90 Å². The van der Waals surface area contributed by atoms with Gasteiger partial charge >= 0.3 is 0 Å². The zero-order valence-electron chi connectivity index (χ0n) is 14.8. The first-order valence-electron chi connectivity index (χ1n) is 9.15. The molecule has 3 nitrogen and oxygen atoms in total. The topological polar surface area (TPSA) is 29.5 Å². The predicted molar refractivity (Wildman–Crippen MR) is 103 cm³/mol. The van der Waals surface area contributed by atoms with Gasteiger partial charge in [0.2, 0.25) is 5.91 Å². The molecule has 1 aliphatic rings. The van der Waals surface area contributed by atoms with Crippen LogP contribution in [0.1, 0.15) is 45.4 Å². The number of fused-ring (bicyclic) bond motifs is 2. The molecule has 2 aromatic carbocycles. The van der Waals surface area contributed by atoms with E-state index < -0.39 is 0 Å². The number of hydrogen-bond acceptors (Lipinski definition) is 2. The quantitative estimate of drug-likeness (QED) is 0.434. The van der Waals surface area contributed by atoms with Crippen LogP contribution in [0.15, 0.2) is 60.7 Å². The molecule has 0 unspecified atom stereocenters. The Hall–Kier alpha value is -2.55. The minimum atomic E-state index is 0.0630. The Morgan fingerprint density at radius 1 is 0.920 bits per heavy atom. The van der Waals surface area contributed by atoms with Crippen LogP contribution in [-0.2, 0) is 4.79 Å². The fraction of sp³-hybridized carbons (Fsp3) is 0.318. The maximum absolute atomic E-state index is 12.9. The van der Waals surface area contributed by atoms with Crippen LogP contribution in [0.5, 0.6) is 11.5 Å². The largest absolute Gasteiger partial charge is 0.453 e. The molecule has 1 aliphatic heterocycles.